The van der Waals surface area contributed by atoms with Gasteiger partial charge in [0.2, 0.25) is 0 Å². The third kappa shape index (κ3) is 2.32. The van der Waals surface area contributed by atoms with Gasteiger partial charge in [-0.2, -0.15) is 13.2 Å². The molecular weight excluding hydrogens is 367 g/mol. The standard InChI is InChI=1S/C21H16F3N3O/c1-26-19(28)16-3-2-10-27(16)17-11-13(4-5-15(17)20(26)7-8-20)14-6-9-25-18(12-14)21(22,23)24/h2-6,9-12H,7-8H2,1H3. The number of rotatable bonds is 1. The van der Waals surface area contributed by atoms with Gasteiger partial charge >= 0.3 is 6.18 Å². The highest BCUT2D eigenvalue weighted by Gasteiger charge is 2.53. The monoisotopic (exact) mass is 383 g/mol. The smallest absolute Gasteiger partial charge is 0.331 e. The summed E-state index contributed by atoms with van der Waals surface area (Å²) in [6.45, 7) is 0. The van der Waals surface area contributed by atoms with Gasteiger partial charge in [0, 0.05) is 25.0 Å². The number of aromatic nitrogens is 2. The average molecular weight is 383 g/mol. The van der Waals surface area contributed by atoms with Crippen molar-refractivity contribution in [1.82, 2.24) is 14.5 Å². The van der Waals surface area contributed by atoms with Crippen LogP contribution in [0.4, 0.5) is 13.2 Å². The number of amides is 1. The van der Waals surface area contributed by atoms with Gasteiger partial charge in [-0.25, -0.2) is 0 Å². The first-order valence-electron chi connectivity index (χ1n) is 8.95. The molecule has 0 saturated heterocycles. The fourth-order valence-electron chi connectivity index (χ4n) is 4.10. The molecule has 0 N–H and O–H groups in total. The highest BCUT2D eigenvalue weighted by atomic mass is 19.4. The van der Waals surface area contributed by atoms with E-state index in [9.17, 15) is 18.0 Å². The van der Waals surface area contributed by atoms with E-state index in [-0.39, 0.29) is 11.4 Å². The van der Waals surface area contributed by atoms with Crippen LogP contribution in [-0.2, 0) is 11.7 Å². The highest BCUT2D eigenvalue weighted by Crippen LogP contribution is 2.54. The van der Waals surface area contributed by atoms with Crippen LogP contribution in [0, 0.1) is 0 Å². The van der Waals surface area contributed by atoms with Crippen LogP contribution in [0.25, 0.3) is 16.8 Å². The Morgan fingerprint density at radius 1 is 1.07 bits per heavy atom. The van der Waals surface area contributed by atoms with Crippen molar-refractivity contribution < 1.29 is 18.0 Å². The number of pyridine rings is 1. The number of hydrogen-bond donors (Lipinski definition) is 0. The normalized spacial score (nSPS) is 17.3. The van der Waals surface area contributed by atoms with Gasteiger partial charge in [-0.05, 0) is 54.3 Å². The quantitative estimate of drug-likeness (QED) is 0.614. The maximum atomic E-state index is 13.1. The van der Waals surface area contributed by atoms with E-state index < -0.39 is 11.9 Å². The highest BCUT2D eigenvalue weighted by molar-refractivity contribution is 5.95. The van der Waals surface area contributed by atoms with E-state index in [0.29, 0.717) is 16.8 Å². The zero-order valence-corrected chi connectivity index (χ0v) is 15.0. The summed E-state index contributed by atoms with van der Waals surface area (Å²) < 4.78 is 41.0. The number of fused-ring (bicyclic) bond motifs is 4. The molecule has 4 nitrogen and oxygen atoms in total. The fraction of sp³-hybridized carbons (Fsp3) is 0.238. The Kier molecular flexibility index (Phi) is 3.33. The van der Waals surface area contributed by atoms with Crippen LogP contribution < -0.4 is 0 Å². The first kappa shape index (κ1) is 17.0. The molecule has 5 rings (SSSR count). The molecule has 1 aliphatic carbocycles. The molecule has 1 spiro atoms. The van der Waals surface area contributed by atoms with Crippen LogP contribution >= 0.6 is 0 Å². The number of alkyl halides is 3. The van der Waals surface area contributed by atoms with Crippen molar-refractivity contribution in [2.75, 3.05) is 7.05 Å². The van der Waals surface area contributed by atoms with Crippen LogP contribution in [-0.4, -0.2) is 27.4 Å². The number of halogens is 3. The van der Waals surface area contributed by atoms with E-state index in [1.165, 1.54) is 6.20 Å². The van der Waals surface area contributed by atoms with Gasteiger partial charge in [0.25, 0.3) is 5.91 Å². The zero-order chi connectivity index (χ0) is 19.7. The van der Waals surface area contributed by atoms with E-state index in [0.717, 1.165) is 30.2 Å². The summed E-state index contributed by atoms with van der Waals surface area (Å²) in [5.74, 6) is -0.0523. The van der Waals surface area contributed by atoms with Crippen molar-refractivity contribution >= 4 is 5.91 Å². The van der Waals surface area contributed by atoms with E-state index >= 15 is 0 Å². The van der Waals surface area contributed by atoms with Gasteiger partial charge in [-0.3, -0.25) is 9.78 Å². The molecule has 0 bridgehead atoms. The Bertz CT molecular complexity index is 1110. The third-order valence-corrected chi connectivity index (χ3v) is 5.78. The maximum absolute atomic E-state index is 13.1. The summed E-state index contributed by atoms with van der Waals surface area (Å²) in [4.78, 5) is 18.1. The number of carbonyl (C=O) groups is 1. The Morgan fingerprint density at radius 2 is 1.82 bits per heavy atom. The van der Waals surface area contributed by atoms with Crippen LogP contribution in [0.3, 0.4) is 0 Å². The molecular formula is C21H16F3N3O. The molecule has 1 aromatic carbocycles. The molecule has 142 valence electrons. The largest absolute Gasteiger partial charge is 0.433 e. The first-order valence-corrected chi connectivity index (χ1v) is 8.95. The topological polar surface area (TPSA) is 38.1 Å². The van der Waals surface area contributed by atoms with Gasteiger partial charge in [-0.1, -0.05) is 12.1 Å². The van der Waals surface area contributed by atoms with Crippen LogP contribution in [0.1, 0.15) is 34.6 Å². The van der Waals surface area contributed by atoms with Crippen molar-refractivity contribution in [1.29, 1.82) is 0 Å². The van der Waals surface area contributed by atoms with Gasteiger partial charge in [0.05, 0.1) is 11.2 Å². The molecule has 1 aliphatic heterocycles. The number of carbonyl (C=O) groups excluding carboxylic acids is 1. The van der Waals surface area contributed by atoms with Crippen LogP contribution in [0.2, 0.25) is 0 Å². The summed E-state index contributed by atoms with van der Waals surface area (Å²) in [5.41, 5.74) is 2.24. The molecule has 3 aromatic rings. The molecule has 0 atom stereocenters. The molecule has 0 radical (unpaired) electrons. The molecule has 0 unspecified atom stereocenters. The van der Waals surface area contributed by atoms with Crippen LogP contribution in [0.15, 0.2) is 54.9 Å². The Balaban J connectivity index is 1.71. The van der Waals surface area contributed by atoms with Gasteiger partial charge in [0.15, 0.2) is 0 Å². The molecule has 1 fully saturated rings. The van der Waals surface area contributed by atoms with E-state index in [4.69, 9.17) is 0 Å². The lowest BCUT2D eigenvalue weighted by Crippen LogP contribution is -2.36. The first-order chi connectivity index (χ1) is 13.3. The van der Waals surface area contributed by atoms with E-state index in [2.05, 4.69) is 4.98 Å². The average Bonchev–Trinajstić information content (AvgIpc) is 3.35. The predicted octanol–water partition coefficient (Wildman–Crippen LogP) is 4.63. The zero-order valence-electron chi connectivity index (χ0n) is 15.0. The molecule has 1 saturated carbocycles. The SMILES string of the molecule is CN1C(=O)c2cccn2-c2cc(-c3ccnc(C(F)(F)F)c3)ccc2C12CC2. The van der Waals surface area contributed by atoms with E-state index in [1.807, 2.05) is 36.0 Å². The summed E-state index contributed by atoms with van der Waals surface area (Å²) in [6.07, 6.45) is 0.242. The lowest BCUT2D eigenvalue weighted by molar-refractivity contribution is -0.141. The second kappa shape index (κ2) is 5.47. The van der Waals surface area contributed by atoms with Gasteiger partial charge in [-0.15, -0.1) is 0 Å². The maximum Gasteiger partial charge on any atom is 0.433 e. The van der Waals surface area contributed by atoms with Gasteiger partial charge in [0.1, 0.15) is 11.4 Å². The van der Waals surface area contributed by atoms with Crippen molar-refractivity contribution in [2.45, 2.75) is 24.6 Å². The minimum Gasteiger partial charge on any atom is -0.331 e. The summed E-state index contributed by atoms with van der Waals surface area (Å²) in [6, 6.07) is 11.8. The minimum absolute atomic E-state index is 0.0523. The molecule has 28 heavy (non-hydrogen) atoms. The van der Waals surface area contributed by atoms with Crippen LogP contribution in [0.5, 0.6) is 0 Å². The second-order valence-electron chi connectivity index (χ2n) is 7.32. The lowest BCUT2D eigenvalue weighted by atomic mass is 9.96. The fourth-order valence-corrected chi connectivity index (χ4v) is 4.10. The summed E-state index contributed by atoms with van der Waals surface area (Å²) in [5, 5.41) is 0. The Morgan fingerprint density at radius 3 is 2.54 bits per heavy atom. The third-order valence-electron chi connectivity index (χ3n) is 5.78. The minimum atomic E-state index is -4.50. The molecule has 3 heterocycles. The van der Waals surface area contributed by atoms with Crippen molar-refractivity contribution in [3.05, 3.63) is 71.8 Å². The Hall–Kier alpha value is -3.09. The van der Waals surface area contributed by atoms with Crippen molar-refractivity contribution in [3.8, 4) is 16.8 Å². The molecule has 2 aromatic heterocycles. The summed E-state index contributed by atoms with van der Waals surface area (Å²) in [7, 11) is 1.81. The number of benzene rings is 1. The number of hydrogen-bond acceptors (Lipinski definition) is 2. The predicted molar refractivity (Wildman–Crippen MR) is 97.0 cm³/mol. The van der Waals surface area contributed by atoms with E-state index in [1.54, 1.807) is 23.1 Å². The molecule has 7 heteroatoms. The second-order valence-corrected chi connectivity index (χ2v) is 7.32. The van der Waals surface area contributed by atoms with Gasteiger partial charge < -0.3 is 9.47 Å². The molecule has 2 aliphatic rings. The molecule has 1 amide bonds. The Labute approximate surface area is 159 Å². The van der Waals surface area contributed by atoms with Crippen molar-refractivity contribution in [3.63, 3.8) is 0 Å². The number of nitrogens with zero attached hydrogens (tertiary/aromatic N) is 3. The summed E-state index contributed by atoms with van der Waals surface area (Å²) >= 11 is 0. The lowest BCUT2D eigenvalue weighted by Gasteiger charge is -2.27. The van der Waals surface area contributed by atoms with Crippen molar-refractivity contribution in [2.24, 2.45) is 0 Å².